The lowest BCUT2D eigenvalue weighted by molar-refractivity contribution is -0.150. The SMILES string of the molecule is CCOC(=O)C(CC)N1CCN(C(C#N)CC)CC1. The molecule has 0 bridgehead atoms. The zero-order chi connectivity index (χ0) is 14.3. The Labute approximate surface area is 116 Å². The summed E-state index contributed by atoms with van der Waals surface area (Å²) < 4.78 is 5.12. The van der Waals surface area contributed by atoms with E-state index in [0.29, 0.717) is 6.61 Å². The number of carbonyl (C=O) groups excluding carboxylic acids is 1. The van der Waals surface area contributed by atoms with Crippen LogP contribution in [0, 0.1) is 11.3 Å². The van der Waals surface area contributed by atoms with Crippen molar-refractivity contribution in [2.75, 3.05) is 32.8 Å². The van der Waals surface area contributed by atoms with E-state index in [1.165, 1.54) is 0 Å². The summed E-state index contributed by atoms with van der Waals surface area (Å²) in [5, 5.41) is 9.08. The summed E-state index contributed by atoms with van der Waals surface area (Å²) >= 11 is 0. The monoisotopic (exact) mass is 267 g/mol. The van der Waals surface area contributed by atoms with Crippen molar-refractivity contribution in [3.05, 3.63) is 0 Å². The van der Waals surface area contributed by atoms with Gasteiger partial charge < -0.3 is 4.74 Å². The standard InChI is InChI=1S/C14H25N3O2/c1-4-12(11-15)16-7-9-17(10-8-16)13(5-2)14(18)19-6-3/h12-13H,4-10H2,1-3H3. The molecule has 0 spiro atoms. The molecule has 2 unspecified atom stereocenters. The highest BCUT2D eigenvalue weighted by molar-refractivity contribution is 5.75. The number of hydrogen-bond acceptors (Lipinski definition) is 5. The highest BCUT2D eigenvalue weighted by Gasteiger charge is 2.30. The van der Waals surface area contributed by atoms with E-state index in [2.05, 4.69) is 15.9 Å². The Morgan fingerprint density at radius 3 is 2.16 bits per heavy atom. The van der Waals surface area contributed by atoms with E-state index in [1.807, 2.05) is 20.8 Å². The molecule has 1 aliphatic heterocycles. The van der Waals surface area contributed by atoms with E-state index >= 15 is 0 Å². The first-order valence-electron chi connectivity index (χ1n) is 7.22. The third-order valence-electron chi connectivity index (χ3n) is 3.71. The van der Waals surface area contributed by atoms with Crippen LogP contribution in [-0.4, -0.2) is 60.6 Å². The fourth-order valence-electron chi connectivity index (χ4n) is 2.60. The Balaban J connectivity index is 2.52. The van der Waals surface area contributed by atoms with E-state index in [4.69, 9.17) is 10.00 Å². The minimum absolute atomic E-state index is 0.00446. The smallest absolute Gasteiger partial charge is 0.323 e. The van der Waals surface area contributed by atoms with Crippen molar-refractivity contribution in [2.24, 2.45) is 0 Å². The first-order valence-corrected chi connectivity index (χ1v) is 7.22. The molecule has 0 radical (unpaired) electrons. The molecular formula is C14H25N3O2. The fraction of sp³-hybridized carbons (Fsp3) is 0.857. The molecule has 0 amide bonds. The van der Waals surface area contributed by atoms with Gasteiger partial charge in [0, 0.05) is 26.2 Å². The molecule has 0 aromatic rings. The second kappa shape index (κ2) is 8.13. The van der Waals surface area contributed by atoms with Gasteiger partial charge in [0.05, 0.1) is 18.7 Å². The van der Waals surface area contributed by atoms with Gasteiger partial charge in [-0.3, -0.25) is 14.6 Å². The fourth-order valence-corrected chi connectivity index (χ4v) is 2.60. The van der Waals surface area contributed by atoms with Gasteiger partial charge in [-0.25, -0.2) is 0 Å². The Kier molecular flexibility index (Phi) is 6.82. The maximum Gasteiger partial charge on any atom is 0.323 e. The molecule has 0 aliphatic carbocycles. The molecule has 19 heavy (non-hydrogen) atoms. The summed E-state index contributed by atoms with van der Waals surface area (Å²) in [6.45, 7) is 9.67. The van der Waals surface area contributed by atoms with Crippen molar-refractivity contribution < 1.29 is 9.53 Å². The molecule has 2 atom stereocenters. The second-order valence-electron chi connectivity index (χ2n) is 4.80. The molecule has 1 aliphatic rings. The van der Waals surface area contributed by atoms with Crippen LogP contribution in [-0.2, 0) is 9.53 Å². The van der Waals surface area contributed by atoms with Gasteiger partial charge in [0.2, 0.25) is 0 Å². The summed E-state index contributed by atoms with van der Waals surface area (Å²) in [5.74, 6) is -0.120. The average Bonchev–Trinajstić information content (AvgIpc) is 2.43. The molecule has 5 nitrogen and oxygen atoms in total. The highest BCUT2D eigenvalue weighted by atomic mass is 16.5. The maximum atomic E-state index is 11.9. The third kappa shape index (κ3) is 4.19. The summed E-state index contributed by atoms with van der Waals surface area (Å²) in [5.41, 5.74) is 0. The molecule has 0 N–H and O–H groups in total. The minimum Gasteiger partial charge on any atom is -0.465 e. The molecule has 108 valence electrons. The lowest BCUT2D eigenvalue weighted by Crippen LogP contribution is -2.54. The lowest BCUT2D eigenvalue weighted by atomic mass is 10.1. The molecular weight excluding hydrogens is 242 g/mol. The van der Waals surface area contributed by atoms with Crippen LogP contribution < -0.4 is 0 Å². The van der Waals surface area contributed by atoms with Gasteiger partial charge in [0.25, 0.3) is 0 Å². The van der Waals surface area contributed by atoms with Gasteiger partial charge in [0.15, 0.2) is 0 Å². The summed E-state index contributed by atoms with van der Waals surface area (Å²) in [7, 11) is 0. The largest absolute Gasteiger partial charge is 0.465 e. The van der Waals surface area contributed by atoms with E-state index in [-0.39, 0.29) is 18.1 Å². The zero-order valence-corrected chi connectivity index (χ0v) is 12.3. The van der Waals surface area contributed by atoms with Gasteiger partial charge in [-0.2, -0.15) is 5.26 Å². The number of hydrogen-bond donors (Lipinski definition) is 0. The van der Waals surface area contributed by atoms with Crippen LogP contribution >= 0.6 is 0 Å². The summed E-state index contributed by atoms with van der Waals surface area (Å²) in [6.07, 6.45) is 1.62. The van der Waals surface area contributed by atoms with Gasteiger partial charge in [-0.05, 0) is 19.8 Å². The zero-order valence-electron chi connectivity index (χ0n) is 12.3. The highest BCUT2D eigenvalue weighted by Crippen LogP contribution is 2.14. The number of carbonyl (C=O) groups is 1. The van der Waals surface area contributed by atoms with E-state index < -0.39 is 0 Å². The maximum absolute atomic E-state index is 11.9. The predicted molar refractivity (Wildman–Crippen MR) is 73.6 cm³/mol. The topological polar surface area (TPSA) is 56.6 Å². The van der Waals surface area contributed by atoms with Gasteiger partial charge >= 0.3 is 5.97 Å². The molecule has 0 aromatic heterocycles. The molecule has 1 fully saturated rings. The number of piperazine rings is 1. The second-order valence-corrected chi connectivity index (χ2v) is 4.80. The van der Waals surface area contributed by atoms with Crippen molar-refractivity contribution in [1.82, 2.24) is 9.80 Å². The minimum atomic E-state index is -0.135. The van der Waals surface area contributed by atoms with Crippen LogP contribution in [0.25, 0.3) is 0 Å². The predicted octanol–water partition coefficient (Wildman–Crippen LogP) is 1.25. The molecule has 5 heteroatoms. The average molecular weight is 267 g/mol. The Hall–Kier alpha value is -1.12. The Morgan fingerprint density at radius 1 is 1.16 bits per heavy atom. The van der Waals surface area contributed by atoms with Crippen LogP contribution in [0.1, 0.15) is 33.6 Å². The van der Waals surface area contributed by atoms with Crippen LogP contribution in [0.5, 0.6) is 0 Å². The van der Waals surface area contributed by atoms with E-state index in [9.17, 15) is 4.79 Å². The van der Waals surface area contributed by atoms with Crippen molar-refractivity contribution in [2.45, 2.75) is 45.7 Å². The van der Waals surface area contributed by atoms with Gasteiger partial charge in [-0.15, -0.1) is 0 Å². The molecule has 1 heterocycles. The van der Waals surface area contributed by atoms with E-state index in [0.717, 1.165) is 39.0 Å². The molecule has 0 aromatic carbocycles. The van der Waals surface area contributed by atoms with Crippen molar-refractivity contribution >= 4 is 5.97 Å². The molecule has 0 saturated carbocycles. The van der Waals surface area contributed by atoms with Crippen LogP contribution in [0.2, 0.25) is 0 Å². The van der Waals surface area contributed by atoms with Crippen LogP contribution in [0.15, 0.2) is 0 Å². The number of rotatable bonds is 6. The van der Waals surface area contributed by atoms with Crippen LogP contribution in [0.3, 0.4) is 0 Å². The number of ether oxygens (including phenoxy) is 1. The molecule has 1 rings (SSSR count). The summed E-state index contributed by atoms with van der Waals surface area (Å²) in [6, 6.07) is 2.21. The van der Waals surface area contributed by atoms with Gasteiger partial charge in [0.1, 0.15) is 6.04 Å². The normalized spacial score (nSPS) is 20.5. The lowest BCUT2D eigenvalue weighted by Gasteiger charge is -2.39. The summed E-state index contributed by atoms with van der Waals surface area (Å²) in [4.78, 5) is 16.3. The van der Waals surface area contributed by atoms with Gasteiger partial charge in [-0.1, -0.05) is 13.8 Å². The third-order valence-corrected chi connectivity index (χ3v) is 3.71. The van der Waals surface area contributed by atoms with Crippen molar-refractivity contribution in [3.63, 3.8) is 0 Å². The quantitative estimate of drug-likeness (QED) is 0.678. The first kappa shape index (κ1) is 15.9. The Bertz CT molecular complexity index is 319. The van der Waals surface area contributed by atoms with Crippen LogP contribution in [0.4, 0.5) is 0 Å². The molecule has 1 saturated heterocycles. The number of nitriles is 1. The van der Waals surface area contributed by atoms with Crippen molar-refractivity contribution in [1.29, 1.82) is 5.26 Å². The van der Waals surface area contributed by atoms with Crippen molar-refractivity contribution in [3.8, 4) is 6.07 Å². The number of esters is 1. The Morgan fingerprint density at radius 2 is 1.74 bits per heavy atom. The number of nitrogens with zero attached hydrogens (tertiary/aromatic N) is 3. The first-order chi connectivity index (χ1) is 9.17. The van der Waals surface area contributed by atoms with E-state index in [1.54, 1.807) is 0 Å².